The maximum atomic E-state index is 14.2. The molecule has 0 saturated carbocycles. The highest BCUT2D eigenvalue weighted by molar-refractivity contribution is 5.97. The summed E-state index contributed by atoms with van der Waals surface area (Å²) in [6, 6.07) is 4.05. The Balaban J connectivity index is 1.29. The normalized spacial score (nSPS) is 18.6. The number of aromatic nitrogens is 2. The molecular weight excluding hydrogens is 471 g/mol. The summed E-state index contributed by atoms with van der Waals surface area (Å²) in [4.78, 5) is 28.4. The van der Waals surface area contributed by atoms with Gasteiger partial charge in [-0.15, -0.1) is 0 Å². The van der Waals surface area contributed by atoms with E-state index in [1.807, 2.05) is 20.8 Å². The van der Waals surface area contributed by atoms with Gasteiger partial charge in [0.2, 0.25) is 0 Å². The maximum absolute atomic E-state index is 14.2. The molecule has 1 amide bonds. The van der Waals surface area contributed by atoms with Crippen LogP contribution in [-0.4, -0.2) is 84.1 Å². The third kappa shape index (κ3) is 5.62. The summed E-state index contributed by atoms with van der Waals surface area (Å²) >= 11 is 0. The Morgan fingerprint density at radius 1 is 1.16 bits per heavy atom. The van der Waals surface area contributed by atoms with Crippen molar-refractivity contribution < 1.29 is 13.9 Å². The minimum absolute atomic E-state index is 0.0170. The zero-order valence-electron chi connectivity index (χ0n) is 22.0. The molecule has 5 rings (SSSR count). The van der Waals surface area contributed by atoms with Gasteiger partial charge in [-0.2, -0.15) is 0 Å². The summed E-state index contributed by atoms with van der Waals surface area (Å²) in [5.41, 5.74) is 3.12. The molecule has 37 heavy (non-hydrogen) atoms. The molecule has 0 bridgehead atoms. The van der Waals surface area contributed by atoms with Gasteiger partial charge in [-0.05, 0) is 82.0 Å². The van der Waals surface area contributed by atoms with Crippen LogP contribution in [0, 0.1) is 11.7 Å². The number of carbonyl (C=O) groups excluding carboxylic acids is 1. The van der Waals surface area contributed by atoms with Crippen LogP contribution < -0.4 is 15.0 Å². The topological polar surface area (TPSA) is 73.8 Å². The SMILES string of the molecule is CCN(C(=O)c1cc(F)ccc1Oc1cncnc1N1CC2=C(CN(CC3CCNCC3)C2)C1)C(C)C. The number of benzene rings is 1. The molecule has 3 aliphatic rings. The Morgan fingerprint density at radius 3 is 2.57 bits per heavy atom. The van der Waals surface area contributed by atoms with Gasteiger partial charge < -0.3 is 19.9 Å². The first-order chi connectivity index (χ1) is 17.9. The smallest absolute Gasteiger partial charge is 0.257 e. The van der Waals surface area contributed by atoms with Gasteiger partial charge in [-0.25, -0.2) is 14.4 Å². The highest BCUT2D eigenvalue weighted by atomic mass is 19.1. The van der Waals surface area contributed by atoms with E-state index in [1.54, 1.807) is 11.1 Å². The van der Waals surface area contributed by atoms with Crippen LogP contribution in [0.5, 0.6) is 11.5 Å². The summed E-state index contributed by atoms with van der Waals surface area (Å²) in [7, 11) is 0. The molecule has 1 fully saturated rings. The quantitative estimate of drug-likeness (QED) is 0.545. The largest absolute Gasteiger partial charge is 0.451 e. The summed E-state index contributed by atoms with van der Waals surface area (Å²) < 4.78 is 20.4. The highest BCUT2D eigenvalue weighted by Crippen LogP contribution is 2.36. The van der Waals surface area contributed by atoms with E-state index in [2.05, 4.69) is 25.1 Å². The number of piperidine rings is 1. The van der Waals surface area contributed by atoms with Crippen LogP contribution in [0.1, 0.15) is 44.0 Å². The number of amides is 1. The first-order valence-electron chi connectivity index (χ1n) is 13.4. The van der Waals surface area contributed by atoms with E-state index in [-0.39, 0.29) is 17.5 Å². The van der Waals surface area contributed by atoms with Crippen molar-refractivity contribution in [2.75, 3.05) is 57.3 Å². The van der Waals surface area contributed by atoms with Crippen LogP contribution in [0.2, 0.25) is 0 Å². The fraction of sp³-hybridized carbons (Fsp3) is 0.536. The summed E-state index contributed by atoms with van der Waals surface area (Å²) in [6.07, 6.45) is 5.65. The summed E-state index contributed by atoms with van der Waals surface area (Å²) in [5, 5.41) is 3.45. The van der Waals surface area contributed by atoms with Gasteiger partial charge in [0.1, 0.15) is 17.9 Å². The Labute approximate surface area is 218 Å². The van der Waals surface area contributed by atoms with E-state index in [4.69, 9.17) is 4.74 Å². The number of hydrogen-bond acceptors (Lipinski definition) is 7. The van der Waals surface area contributed by atoms with E-state index in [1.165, 1.54) is 55.1 Å². The number of carbonyl (C=O) groups is 1. The minimum Gasteiger partial charge on any atom is -0.451 e. The second kappa shape index (κ2) is 11.1. The van der Waals surface area contributed by atoms with Crippen molar-refractivity contribution in [3.63, 3.8) is 0 Å². The lowest BCUT2D eigenvalue weighted by molar-refractivity contribution is 0.0713. The average molecular weight is 509 g/mol. The second-order valence-electron chi connectivity index (χ2n) is 10.6. The van der Waals surface area contributed by atoms with Crippen molar-refractivity contribution in [1.29, 1.82) is 0 Å². The van der Waals surface area contributed by atoms with Crippen LogP contribution in [-0.2, 0) is 0 Å². The predicted molar refractivity (Wildman–Crippen MR) is 142 cm³/mol. The van der Waals surface area contributed by atoms with Gasteiger partial charge in [0, 0.05) is 45.3 Å². The van der Waals surface area contributed by atoms with Crippen LogP contribution in [0.4, 0.5) is 10.2 Å². The number of anilines is 1. The van der Waals surface area contributed by atoms with Crippen LogP contribution in [0.3, 0.4) is 0 Å². The molecule has 198 valence electrons. The van der Waals surface area contributed by atoms with Gasteiger partial charge in [0.25, 0.3) is 5.91 Å². The van der Waals surface area contributed by atoms with Gasteiger partial charge in [-0.3, -0.25) is 9.69 Å². The third-order valence-corrected chi connectivity index (χ3v) is 7.64. The minimum atomic E-state index is -0.478. The van der Waals surface area contributed by atoms with Crippen LogP contribution in [0.15, 0.2) is 41.9 Å². The molecule has 8 nitrogen and oxygen atoms in total. The van der Waals surface area contributed by atoms with Gasteiger partial charge in [0.15, 0.2) is 11.6 Å². The van der Waals surface area contributed by atoms with Gasteiger partial charge >= 0.3 is 0 Å². The van der Waals surface area contributed by atoms with E-state index in [9.17, 15) is 9.18 Å². The van der Waals surface area contributed by atoms with Crippen molar-refractivity contribution in [3.05, 3.63) is 53.3 Å². The lowest BCUT2D eigenvalue weighted by atomic mass is 9.97. The Bertz CT molecular complexity index is 1150. The lowest BCUT2D eigenvalue weighted by Crippen LogP contribution is -2.37. The Hall–Kier alpha value is -3.04. The van der Waals surface area contributed by atoms with Crippen molar-refractivity contribution in [3.8, 4) is 11.5 Å². The van der Waals surface area contributed by atoms with Crippen molar-refractivity contribution in [1.82, 2.24) is 25.1 Å². The molecule has 1 aromatic heterocycles. The van der Waals surface area contributed by atoms with Crippen LogP contribution >= 0.6 is 0 Å². The zero-order chi connectivity index (χ0) is 25.9. The molecule has 0 spiro atoms. The number of hydrogen-bond donors (Lipinski definition) is 1. The first-order valence-corrected chi connectivity index (χ1v) is 13.4. The monoisotopic (exact) mass is 508 g/mol. The molecule has 0 aliphatic carbocycles. The first kappa shape index (κ1) is 25.6. The average Bonchev–Trinajstić information content (AvgIpc) is 3.45. The second-order valence-corrected chi connectivity index (χ2v) is 10.6. The molecule has 2 aromatic rings. The van der Waals surface area contributed by atoms with Crippen LogP contribution in [0.25, 0.3) is 0 Å². The number of nitrogens with zero attached hydrogens (tertiary/aromatic N) is 5. The molecule has 0 unspecified atom stereocenters. The molecular formula is C28H37FN6O2. The van der Waals surface area contributed by atoms with Crippen molar-refractivity contribution in [2.24, 2.45) is 5.92 Å². The van der Waals surface area contributed by atoms with Crippen molar-refractivity contribution in [2.45, 2.75) is 39.7 Å². The number of nitrogens with one attached hydrogen (secondary N) is 1. The number of ether oxygens (including phenoxy) is 1. The molecule has 1 N–H and O–H groups in total. The Morgan fingerprint density at radius 2 is 1.89 bits per heavy atom. The standard InChI is InChI=1S/C28H37FN6O2/c1-4-35(19(2)3)28(36)24-11-23(29)5-6-25(24)37-26-12-31-18-32-27(26)34-16-21-14-33(15-22(21)17-34)13-20-7-9-30-10-8-20/h5-6,11-12,18-20,30H,4,7-10,13-17H2,1-3H3. The molecule has 1 saturated heterocycles. The molecule has 3 aliphatic heterocycles. The fourth-order valence-electron chi connectivity index (χ4n) is 5.76. The van der Waals surface area contributed by atoms with Crippen molar-refractivity contribution >= 4 is 11.7 Å². The van der Waals surface area contributed by atoms with Gasteiger partial charge in [-0.1, -0.05) is 0 Å². The molecule has 0 atom stereocenters. The third-order valence-electron chi connectivity index (χ3n) is 7.64. The van der Waals surface area contributed by atoms with E-state index >= 15 is 0 Å². The lowest BCUT2D eigenvalue weighted by Gasteiger charge is -2.29. The summed E-state index contributed by atoms with van der Waals surface area (Å²) in [5.74, 6) is 1.49. The molecule has 1 aromatic carbocycles. The molecule has 0 radical (unpaired) electrons. The Kier molecular flexibility index (Phi) is 7.71. The van der Waals surface area contributed by atoms with E-state index < -0.39 is 5.82 Å². The molecule has 9 heteroatoms. The summed E-state index contributed by atoms with van der Waals surface area (Å²) in [6.45, 7) is 13.4. The predicted octanol–water partition coefficient (Wildman–Crippen LogP) is 3.71. The maximum Gasteiger partial charge on any atom is 0.257 e. The van der Waals surface area contributed by atoms with E-state index in [0.717, 1.165) is 45.2 Å². The fourth-order valence-corrected chi connectivity index (χ4v) is 5.76. The number of rotatable bonds is 8. The molecule has 4 heterocycles. The number of halogens is 1. The highest BCUT2D eigenvalue weighted by Gasteiger charge is 2.33. The zero-order valence-corrected chi connectivity index (χ0v) is 22.0. The van der Waals surface area contributed by atoms with E-state index in [0.29, 0.717) is 23.9 Å². The van der Waals surface area contributed by atoms with Gasteiger partial charge in [0.05, 0.1) is 11.8 Å².